The first-order chi connectivity index (χ1) is 11.1. The lowest BCUT2D eigenvalue weighted by atomic mass is 9.55. The lowest BCUT2D eigenvalue weighted by molar-refractivity contribution is -0.281. The molecule has 0 radical (unpaired) electrons. The summed E-state index contributed by atoms with van der Waals surface area (Å²) in [4.78, 5) is 29.2. The second-order valence-corrected chi connectivity index (χ2v) is 7.59. The summed E-state index contributed by atoms with van der Waals surface area (Å²) in [5.41, 5.74) is 3.27. The van der Waals surface area contributed by atoms with E-state index in [0.29, 0.717) is 36.9 Å². The van der Waals surface area contributed by atoms with Gasteiger partial charge in [-0.3, -0.25) is 14.8 Å². The Morgan fingerprint density at radius 3 is 2.78 bits per heavy atom. The molecule has 2 fully saturated rings. The minimum Gasteiger partial charge on any atom is -0.299 e. The second kappa shape index (κ2) is 5.38. The first-order valence-electron chi connectivity index (χ1n) is 8.91. The Labute approximate surface area is 136 Å². The second-order valence-electron chi connectivity index (χ2n) is 7.59. The summed E-state index contributed by atoms with van der Waals surface area (Å²) in [5, 5.41) is 9.56. The molecule has 4 heteroatoms. The van der Waals surface area contributed by atoms with Crippen LogP contribution in [-0.2, 0) is 14.5 Å². The van der Waals surface area contributed by atoms with Crippen LogP contribution in [0.1, 0.15) is 58.3 Å². The average Bonchev–Trinajstić information content (AvgIpc) is 2.90. The molecule has 124 valence electrons. The van der Waals surface area contributed by atoms with Crippen LogP contribution < -0.4 is 0 Å². The fraction of sp³-hybridized carbons (Fsp3) is 0.684. The number of allylic oxidation sites excluding steroid dienone is 3. The first-order valence-corrected chi connectivity index (χ1v) is 8.91. The monoisotopic (exact) mass is 316 g/mol. The number of Topliss-reactive ketones (excluding diaryl/α,β-unsaturated/α-hetero) is 1. The van der Waals surface area contributed by atoms with Crippen molar-refractivity contribution in [2.24, 2.45) is 17.3 Å². The summed E-state index contributed by atoms with van der Waals surface area (Å²) in [6, 6.07) is 0. The van der Waals surface area contributed by atoms with Crippen molar-refractivity contribution in [1.29, 1.82) is 0 Å². The Bertz CT molecular complexity index is 629. The summed E-state index contributed by atoms with van der Waals surface area (Å²) in [5.74, 6) is 1.27. The lowest BCUT2D eigenvalue weighted by Crippen LogP contribution is -2.48. The van der Waals surface area contributed by atoms with Crippen LogP contribution in [0.2, 0.25) is 0 Å². The molecule has 0 bridgehead atoms. The van der Waals surface area contributed by atoms with Gasteiger partial charge in [0.15, 0.2) is 5.78 Å². The number of rotatable bonds is 2. The Hall–Kier alpha value is -1.26. The van der Waals surface area contributed by atoms with Gasteiger partial charge < -0.3 is 0 Å². The maximum absolute atomic E-state index is 12.6. The molecule has 2 saturated carbocycles. The van der Waals surface area contributed by atoms with Gasteiger partial charge in [-0.15, -0.1) is 0 Å². The molecule has 0 aromatic rings. The van der Waals surface area contributed by atoms with Crippen LogP contribution in [0.3, 0.4) is 0 Å². The van der Waals surface area contributed by atoms with Crippen molar-refractivity contribution in [3.8, 4) is 0 Å². The predicted molar refractivity (Wildman–Crippen MR) is 84.6 cm³/mol. The zero-order chi connectivity index (χ0) is 16.2. The number of hydrogen-bond acceptors (Lipinski definition) is 4. The molecule has 1 N–H and O–H groups in total. The molecule has 0 unspecified atom stereocenters. The number of carbonyl (C=O) groups is 2. The van der Waals surface area contributed by atoms with Gasteiger partial charge in [-0.05, 0) is 73.2 Å². The molecule has 0 aromatic carbocycles. The van der Waals surface area contributed by atoms with Crippen molar-refractivity contribution in [1.82, 2.24) is 0 Å². The highest BCUT2D eigenvalue weighted by molar-refractivity contribution is 5.93. The van der Waals surface area contributed by atoms with E-state index < -0.39 is 0 Å². The van der Waals surface area contributed by atoms with E-state index in [4.69, 9.17) is 4.89 Å². The third-order valence-corrected chi connectivity index (χ3v) is 6.90. The summed E-state index contributed by atoms with van der Waals surface area (Å²) >= 11 is 0. The predicted octanol–water partition coefficient (Wildman–Crippen LogP) is 3.62. The van der Waals surface area contributed by atoms with E-state index in [1.165, 1.54) is 11.1 Å². The molecule has 4 nitrogen and oxygen atoms in total. The normalized spacial score (nSPS) is 39.7. The Morgan fingerprint density at radius 1 is 1.22 bits per heavy atom. The fourth-order valence-corrected chi connectivity index (χ4v) is 5.87. The molecule has 0 aromatic heterocycles. The third-order valence-electron chi connectivity index (χ3n) is 6.90. The molecular weight excluding hydrogens is 292 g/mol. The van der Waals surface area contributed by atoms with Gasteiger partial charge in [0.1, 0.15) is 11.9 Å². The third kappa shape index (κ3) is 2.04. The first kappa shape index (κ1) is 15.3. The maximum atomic E-state index is 12.6. The molecule has 23 heavy (non-hydrogen) atoms. The van der Waals surface area contributed by atoms with Gasteiger partial charge in [0.05, 0.1) is 0 Å². The zero-order valence-electron chi connectivity index (χ0n) is 13.6. The van der Waals surface area contributed by atoms with Crippen LogP contribution in [0.15, 0.2) is 22.8 Å². The van der Waals surface area contributed by atoms with Crippen molar-refractivity contribution in [3.05, 3.63) is 22.8 Å². The van der Waals surface area contributed by atoms with E-state index in [-0.39, 0.29) is 17.3 Å². The smallest absolute Gasteiger partial charge is 0.156 e. The Kier molecular flexibility index (Phi) is 3.58. The molecule has 0 saturated heterocycles. The number of fused-ring (bicyclic) bond motifs is 4. The van der Waals surface area contributed by atoms with Crippen molar-refractivity contribution in [2.75, 3.05) is 0 Å². The number of ketones is 2. The number of hydrogen-bond donors (Lipinski definition) is 1. The van der Waals surface area contributed by atoms with Gasteiger partial charge in [-0.2, -0.15) is 0 Å². The van der Waals surface area contributed by atoms with Crippen molar-refractivity contribution in [3.63, 3.8) is 0 Å². The van der Waals surface area contributed by atoms with Gasteiger partial charge >= 0.3 is 0 Å². The van der Waals surface area contributed by atoms with Crippen LogP contribution in [0.25, 0.3) is 0 Å². The van der Waals surface area contributed by atoms with E-state index in [2.05, 4.69) is 6.92 Å². The maximum Gasteiger partial charge on any atom is 0.156 e. The van der Waals surface area contributed by atoms with Gasteiger partial charge in [-0.1, -0.05) is 6.92 Å². The van der Waals surface area contributed by atoms with Crippen LogP contribution in [0.4, 0.5) is 0 Å². The van der Waals surface area contributed by atoms with E-state index in [0.717, 1.165) is 37.7 Å². The van der Waals surface area contributed by atoms with Gasteiger partial charge in [0.25, 0.3) is 0 Å². The minimum absolute atomic E-state index is 0.207. The van der Waals surface area contributed by atoms with Gasteiger partial charge in [0, 0.05) is 18.3 Å². The quantitative estimate of drug-likeness (QED) is 0.624. The van der Waals surface area contributed by atoms with Gasteiger partial charge in [-0.25, -0.2) is 4.89 Å². The molecule has 4 atom stereocenters. The minimum atomic E-state index is -0.384. The molecule has 0 amide bonds. The Balaban J connectivity index is 1.83. The Morgan fingerprint density at radius 2 is 2.04 bits per heavy atom. The molecule has 4 aliphatic rings. The van der Waals surface area contributed by atoms with Crippen LogP contribution in [-0.4, -0.2) is 22.9 Å². The summed E-state index contributed by atoms with van der Waals surface area (Å²) in [6.45, 7) is 2.09. The van der Waals surface area contributed by atoms with Gasteiger partial charge in [0.2, 0.25) is 0 Å². The summed E-state index contributed by atoms with van der Waals surface area (Å²) in [7, 11) is 0. The van der Waals surface area contributed by atoms with Crippen molar-refractivity contribution < 1.29 is 19.7 Å². The summed E-state index contributed by atoms with van der Waals surface area (Å²) in [6.07, 6.45) is 7.65. The van der Waals surface area contributed by atoms with Crippen molar-refractivity contribution >= 4 is 11.6 Å². The summed E-state index contributed by atoms with van der Waals surface area (Å²) < 4.78 is 0. The highest BCUT2D eigenvalue weighted by Gasteiger charge is 2.58. The lowest BCUT2D eigenvalue weighted by Gasteiger charge is -2.49. The van der Waals surface area contributed by atoms with E-state index >= 15 is 0 Å². The largest absolute Gasteiger partial charge is 0.299 e. The molecular formula is C19H24O4. The average molecular weight is 316 g/mol. The topological polar surface area (TPSA) is 63.6 Å². The molecule has 4 aliphatic carbocycles. The fourth-order valence-electron chi connectivity index (χ4n) is 5.87. The number of carbonyl (C=O) groups excluding carboxylic acids is 2. The van der Waals surface area contributed by atoms with E-state index in [9.17, 15) is 14.8 Å². The molecule has 4 rings (SSSR count). The van der Waals surface area contributed by atoms with Crippen LogP contribution in [0.5, 0.6) is 0 Å². The van der Waals surface area contributed by atoms with Crippen LogP contribution >= 0.6 is 0 Å². The van der Waals surface area contributed by atoms with Crippen molar-refractivity contribution in [2.45, 2.75) is 64.4 Å². The highest BCUT2D eigenvalue weighted by Crippen LogP contribution is 2.60. The van der Waals surface area contributed by atoms with E-state index in [1.54, 1.807) is 6.08 Å². The standard InChI is InChI=1S/C19H24O4/c1-2-19-10-16(23-22)18-13-6-4-12(20)9-11(13)3-5-14(18)15(19)7-8-17(19)21/h9,14-16,22H,2-8,10H2,1H3/t14-,15-,16-,19-/m0/s1. The molecule has 0 spiro atoms. The molecule has 0 aliphatic heterocycles. The zero-order valence-corrected chi connectivity index (χ0v) is 13.6. The van der Waals surface area contributed by atoms with E-state index in [1.807, 2.05) is 0 Å². The SMILES string of the molecule is CC[C@]12C[C@H](OO)C3=C4CCC(=O)C=C4CC[C@H]3[C@@H]1CCC2=O. The van der Waals surface area contributed by atoms with Crippen LogP contribution in [0, 0.1) is 17.3 Å². The molecule has 0 heterocycles. The highest BCUT2D eigenvalue weighted by atomic mass is 17.1.